The zero-order valence-corrected chi connectivity index (χ0v) is 4.99. The molecule has 1 aromatic rings. The lowest BCUT2D eigenvalue weighted by atomic mass is 10.5. The van der Waals surface area contributed by atoms with Crippen molar-refractivity contribution < 1.29 is 4.11 Å². The van der Waals surface area contributed by atoms with E-state index < -0.39 is 0 Å². The predicted molar refractivity (Wildman–Crippen MR) is 31.9 cm³/mol. The first kappa shape index (κ1) is 2.27. The number of hydrogen-bond donors (Lipinski definition) is 0. The zero-order valence-electron chi connectivity index (χ0n) is 6.40. The van der Waals surface area contributed by atoms with Crippen molar-refractivity contribution in [1.29, 1.82) is 0 Å². The average Bonchev–Trinajstić information content (AvgIpc) is 1.84. The van der Waals surface area contributed by atoms with E-state index in [2.05, 4.69) is 20.9 Å². The van der Waals surface area contributed by atoms with Crippen LogP contribution in [-0.2, 0) is 0 Å². The largest absolute Gasteiger partial charge is 0.264 e. The molecular weight excluding hydrogens is 154 g/mol. The second kappa shape index (κ2) is 2.07. The fraction of sp³-hybridized carbons (Fsp3) is 0. The Hall–Kier alpha value is -0.370. The monoisotopic (exact) mass is 160 g/mol. The smallest absolute Gasteiger partial charge is 0.0852 e. The molecule has 1 heterocycles. The molecule has 0 aliphatic heterocycles. The van der Waals surface area contributed by atoms with Gasteiger partial charge in [-0.15, -0.1) is 0 Å². The van der Waals surface area contributed by atoms with Crippen LogP contribution in [0.1, 0.15) is 4.11 Å². The average molecular weight is 161 g/mol. The SMILES string of the molecule is [2H]c1cc(Br)c([2H])nc1[2H]. The molecule has 36 valence electrons. The summed E-state index contributed by atoms with van der Waals surface area (Å²) in [4.78, 5) is 3.47. The summed E-state index contributed by atoms with van der Waals surface area (Å²) in [6.07, 6.45) is -0.158. The molecule has 0 bridgehead atoms. The lowest BCUT2D eigenvalue weighted by molar-refractivity contribution is 1.31. The van der Waals surface area contributed by atoms with E-state index in [-0.39, 0.29) is 18.4 Å². The molecule has 0 spiro atoms. The van der Waals surface area contributed by atoms with Crippen LogP contribution in [0, 0.1) is 0 Å². The first-order chi connectivity index (χ1) is 4.61. The van der Waals surface area contributed by atoms with Gasteiger partial charge >= 0.3 is 0 Å². The molecule has 0 aromatic carbocycles. The van der Waals surface area contributed by atoms with Gasteiger partial charge in [0.25, 0.3) is 0 Å². The van der Waals surface area contributed by atoms with Gasteiger partial charge in [-0.2, -0.15) is 0 Å². The Bertz CT molecular complexity index is 213. The third-order valence-electron chi connectivity index (χ3n) is 0.482. The van der Waals surface area contributed by atoms with Crippen molar-refractivity contribution in [2.24, 2.45) is 0 Å². The Kier molecular flexibility index (Phi) is 0.671. The van der Waals surface area contributed by atoms with Crippen LogP contribution in [0.2, 0.25) is 0 Å². The van der Waals surface area contributed by atoms with Crippen LogP contribution >= 0.6 is 15.9 Å². The minimum atomic E-state index is -0.159. The Morgan fingerprint density at radius 3 is 3.43 bits per heavy atom. The Balaban J connectivity index is 3.28. The van der Waals surface area contributed by atoms with Crippen LogP contribution in [0.15, 0.2) is 28.9 Å². The molecule has 0 radical (unpaired) electrons. The Morgan fingerprint density at radius 2 is 2.71 bits per heavy atom. The van der Waals surface area contributed by atoms with Gasteiger partial charge in [0.1, 0.15) is 0 Å². The molecule has 0 amide bonds. The molecular formula is C5H4BrN. The Labute approximate surface area is 54.7 Å². The molecule has 0 saturated carbocycles. The van der Waals surface area contributed by atoms with Gasteiger partial charge in [-0.05, 0) is 28.0 Å². The molecule has 0 aliphatic rings. The van der Waals surface area contributed by atoms with Gasteiger partial charge in [0.2, 0.25) is 0 Å². The van der Waals surface area contributed by atoms with Gasteiger partial charge in [-0.1, -0.05) is 0 Å². The standard InChI is InChI=1S/C5H4BrN/c6-5-2-1-3-7-4-5/h1-4H/i1D,3D,4D. The summed E-state index contributed by atoms with van der Waals surface area (Å²) in [7, 11) is 0. The molecule has 7 heavy (non-hydrogen) atoms. The van der Waals surface area contributed by atoms with Crippen LogP contribution in [-0.4, -0.2) is 4.98 Å². The number of hydrogen-bond acceptors (Lipinski definition) is 1. The summed E-state index contributed by atoms with van der Waals surface area (Å²) >= 11 is 3.03. The molecule has 2 heteroatoms. The van der Waals surface area contributed by atoms with E-state index in [1.54, 1.807) is 0 Å². The van der Waals surface area contributed by atoms with Gasteiger partial charge < -0.3 is 0 Å². The fourth-order valence-corrected chi connectivity index (χ4v) is 0.445. The normalized spacial score (nSPS) is 14.7. The summed E-state index contributed by atoms with van der Waals surface area (Å²) in [6, 6.07) is 1.42. The van der Waals surface area contributed by atoms with Crippen molar-refractivity contribution in [3.8, 4) is 0 Å². The van der Waals surface area contributed by atoms with Crippen LogP contribution in [0.3, 0.4) is 0 Å². The molecule has 0 atom stereocenters. The van der Waals surface area contributed by atoms with Crippen molar-refractivity contribution in [2.75, 3.05) is 0 Å². The minimum Gasteiger partial charge on any atom is -0.264 e. The number of halogens is 1. The van der Waals surface area contributed by atoms with Crippen molar-refractivity contribution in [3.63, 3.8) is 0 Å². The Morgan fingerprint density at radius 1 is 1.86 bits per heavy atom. The van der Waals surface area contributed by atoms with E-state index in [0.717, 1.165) is 0 Å². The van der Waals surface area contributed by atoms with Crippen molar-refractivity contribution in [3.05, 3.63) is 28.9 Å². The quantitative estimate of drug-likeness (QED) is 0.565. The highest BCUT2D eigenvalue weighted by Crippen LogP contribution is 2.02. The molecule has 0 saturated heterocycles. The molecule has 0 aliphatic carbocycles. The maximum atomic E-state index is 7.10. The minimum absolute atomic E-state index is 0.000926. The summed E-state index contributed by atoms with van der Waals surface area (Å²) in [5.74, 6) is 0. The summed E-state index contributed by atoms with van der Waals surface area (Å²) in [6.45, 7) is 0. The highest BCUT2D eigenvalue weighted by molar-refractivity contribution is 9.10. The van der Waals surface area contributed by atoms with Crippen LogP contribution in [0.25, 0.3) is 0 Å². The van der Waals surface area contributed by atoms with Crippen molar-refractivity contribution in [2.45, 2.75) is 0 Å². The number of pyridine rings is 1. The van der Waals surface area contributed by atoms with Crippen LogP contribution in [0.4, 0.5) is 0 Å². The molecule has 1 aromatic heterocycles. The third-order valence-corrected chi connectivity index (χ3v) is 0.888. The topological polar surface area (TPSA) is 12.9 Å². The van der Waals surface area contributed by atoms with Crippen molar-refractivity contribution in [1.82, 2.24) is 4.98 Å². The lowest BCUT2D eigenvalue weighted by Gasteiger charge is -1.80. The van der Waals surface area contributed by atoms with Crippen molar-refractivity contribution >= 4 is 15.9 Å². The number of aromatic nitrogens is 1. The first-order valence-corrected chi connectivity index (χ1v) is 2.51. The fourth-order valence-electron chi connectivity index (χ4n) is 0.242. The maximum absolute atomic E-state index is 7.10. The maximum Gasteiger partial charge on any atom is 0.0852 e. The van der Waals surface area contributed by atoms with Crippen LogP contribution in [0.5, 0.6) is 0 Å². The zero-order chi connectivity index (χ0) is 7.72. The third kappa shape index (κ3) is 1.27. The predicted octanol–water partition coefficient (Wildman–Crippen LogP) is 1.84. The van der Waals surface area contributed by atoms with E-state index in [1.165, 1.54) is 6.07 Å². The van der Waals surface area contributed by atoms with E-state index in [4.69, 9.17) is 4.11 Å². The van der Waals surface area contributed by atoms with Gasteiger partial charge in [0, 0.05) is 16.8 Å². The highest BCUT2D eigenvalue weighted by Gasteiger charge is 1.75. The summed E-state index contributed by atoms with van der Waals surface area (Å²) in [5.41, 5.74) is 0. The number of nitrogens with zero attached hydrogens (tertiary/aromatic N) is 1. The molecule has 0 fully saturated rings. The summed E-state index contributed by atoms with van der Waals surface area (Å²) in [5, 5.41) is 0. The van der Waals surface area contributed by atoms with Gasteiger partial charge in [-0.25, -0.2) is 0 Å². The van der Waals surface area contributed by atoms with Crippen LogP contribution < -0.4 is 0 Å². The van der Waals surface area contributed by atoms with Gasteiger partial charge in [0.05, 0.1) is 4.11 Å². The van der Waals surface area contributed by atoms with E-state index >= 15 is 0 Å². The van der Waals surface area contributed by atoms with E-state index in [9.17, 15) is 0 Å². The molecule has 1 nitrogen and oxygen atoms in total. The lowest BCUT2D eigenvalue weighted by Crippen LogP contribution is -1.64. The second-order valence-electron chi connectivity index (χ2n) is 0.972. The molecule has 1 rings (SSSR count). The second-order valence-corrected chi connectivity index (χ2v) is 1.83. The molecule has 0 unspecified atom stereocenters. The van der Waals surface area contributed by atoms with Gasteiger partial charge in [-0.3, -0.25) is 4.98 Å². The highest BCUT2D eigenvalue weighted by atomic mass is 79.9. The summed E-state index contributed by atoms with van der Waals surface area (Å²) < 4.78 is 21.7. The van der Waals surface area contributed by atoms with E-state index in [0.29, 0.717) is 4.47 Å². The first-order valence-electron chi connectivity index (χ1n) is 3.21. The van der Waals surface area contributed by atoms with E-state index in [1.807, 2.05) is 0 Å². The number of rotatable bonds is 0. The molecule has 0 N–H and O–H groups in total. The van der Waals surface area contributed by atoms with Gasteiger partial charge in [0.15, 0.2) is 0 Å².